The van der Waals surface area contributed by atoms with Gasteiger partial charge in [-0.3, -0.25) is 0 Å². The van der Waals surface area contributed by atoms with Crippen LogP contribution in [0, 0.1) is 13.8 Å². The van der Waals surface area contributed by atoms with Crippen molar-refractivity contribution in [2.75, 3.05) is 13.7 Å². The number of ether oxygens (including phenoxy) is 3. The van der Waals surface area contributed by atoms with Gasteiger partial charge in [0.05, 0.1) is 12.7 Å². The first-order chi connectivity index (χ1) is 15.4. The third-order valence-electron chi connectivity index (χ3n) is 5.56. The highest BCUT2D eigenvalue weighted by Crippen LogP contribution is 2.28. The SMILES string of the molecule is C=CCOC(=O)c1ccc2c(c1)c(C)c(C)n2Cc1cccc(OC(CC)C(=O)OC)c1. The molecule has 3 rings (SSSR count). The van der Waals surface area contributed by atoms with Gasteiger partial charge < -0.3 is 18.8 Å². The summed E-state index contributed by atoms with van der Waals surface area (Å²) in [7, 11) is 1.36. The van der Waals surface area contributed by atoms with Gasteiger partial charge in [-0.2, -0.15) is 0 Å². The maximum absolute atomic E-state index is 12.2. The molecule has 6 nitrogen and oxygen atoms in total. The van der Waals surface area contributed by atoms with Crippen LogP contribution in [0.25, 0.3) is 10.9 Å². The Hall–Kier alpha value is -3.54. The van der Waals surface area contributed by atoms with E-state index in [0.717, 1.165) is 27.7 Å². The molecule has 6 heteroatoms. The Labute approximate surface area is 188 Å². The van der Waals surface area contributed by atoms with Gasteiger partial charge in [-0.15, -0.1) is 0 Å². The number of fused-ring (bicyclic) bond motifs is 1. The van der Waals surface area contributed by atoms with Crippen LogP contribution in [0.15, 0.2) is 55.1 Å². The fourth-order valence-electron chi connectivity index (χ4n) is 3.69. The van der Waals surface area contributed by atoms with Gasteiger partial charge in [-0.25, -0.2) is 9.59 Å². The molecule has 0 spiro atoms. The average Bonchev–Trinajstić information content (AvgIpc) is 3.05. The highest BCUT2D eigenvalue weighted by atomic mass is 16.6. The van der Waals surface area contributed by atoms with Gasteiger partial charge in [0.25, 0.3) is 0 Å². The number of hydrogen-bond donors (Lipinski definition) is 0. The molecule has 0 amide bonds. The zero-order chi connectivity index (χ0) is 23.3. The topological polar surface area (TPSA) is 66.8 Å². The van der Waals surface area contributed by atoms with Gasteiger partial charge in [0.2, 0.25) is 0 Å². The molecule has 1 heterocycles. The van der Waals surface area contributed by atoms with Crippen molar-refractivity contribution >= 4 is 22.8 Å². The maximum Gasteiger partial charge on any atom is 0.347 e. The number of carbonyl (C=O) groups excluding carboxylic acids is 2. The molecule has 1 atom stereocenters. The van der Waals surface area contributed by atoms with Gasteiger partial charge in [-0.05, 0) is 61.7 Å². The number of methoxy groups -OCH3 is 1. The first-order valence-corrected chi connectivity index (χ1v) is 10.6. The van der Waals surface area contributed by atoms with Crippen LogP contribution in [0.5, 0.6) is 5.75 Å². The number of esters is 2. The number of aromatic nitrogens is 1. The Morgan fingerprint density at radius 1 is 1.16 bits per heavy atom. The molecule has 2 aromatic carbocycles. The van der Waals surface area contributed by atoms with E-state index in [1.54, 1.807) is 12.1 Å². The lowest BCUT2D eigenvalue weighted by atomic mass is 10.1. The van der Waals surface area contributed by atoms with Crippen molar-refractivity contribution in [2.45, 2.75) is 39.8 Å². The third kappa shape index (κ3) is 4.85. The Morgan fingerprint density at radius 3 is 2.62 bits per heavy atom. The van der Waals surface area contributed by atoms with Crippen molar-refractivity contribution in [1.82, 2.24) is 4.57 Å². The minimum absolute atomic E-state index is 0.184. The van der Waals surface area contributed by atoms with Crippen LogP contribution in [0.4, 0.5) is 0 Å². The van der Waals surface area contributed by atoms with Crippen LogP contribution in [0.1, 0.15) is 40.5 Å². The molecule has 0 radical (unpaired) electrons. The lowest BCUT2D eigenvalue weighted by Crippen LogP contribution is -2.27. The second-order valence-electron chi connectivity index (χ2n) is 7.60. The van der Waals surface area contributed by atoms with Crippen LogP contribution in [0.2, 0.25) is 0 Å². The molecule has 1 unspecified atom stereocenters. The van der Waals surface area contributed by atoms with E-state index in [1.165, 1.54) is 7.11 Å². The zero-order valence-corrected chi connectivity index (χ0v) is 19.0. The molecular weight excluding hydrogens is 406 g/mol. The number of nitrogens with zero attached hydrogens (tertiary/aromatic N) is 1. The molecule has 1 aromatic heterocycles. The summed E-state index contributed by atoms with van der Waals surface area (Å²) in [6.45, 7) is 10.4. The number of aryl methyl sites for hydroxylation is 1. The molecule has 3 aromatic rings. The largest absolute Gasteiger partial charge is 0.479 e. The molecule has 0 aliphatic heterocycles. The second kappa shape index (κ2) is 10.2. The van der Waals surface area contributed by atoms with Gasteiger partial charge >= 0.3 is 11.9 Å². The van der Waals surface area contributed by atoms with E-state index in [4.69, 9.17) is 14.2 Å². The first-order valence-electron chi connectivity index (χ1n) is 10.6. The smallest absolute Gasteiger partial charge is 0.347 e. The highest BCUT2D eigenvalue weighted by Gasteiger charge is 2.19. The second-order valence-corrected chi connectivity index (χ2v) is 7.60. The van der Waals surface area contributed by atoms with E-state index in [2.05, 4.69) is 25.0 Å². The number of carbonyl (C=O) groups is 2. The fraction of sp³-hybridized carbons (Fsp3) is 0.308. The van der Waals surface area contributed by atoms with Crippen LogP contribution in [0.3, 0.4) is 0 Å². The Balaban J connectivity index is 1.89. The molecule has 0 fully saturated rings. The Kier molecular flexibility index (Phi) is 7.36. The van der Waals surface area contributed by atoms with Gasteiger partial charge in [0, 0.05) is 23.1 Å². The summed E-state index contributed by atoms with van der Waals surface area (Å²) in [4.78, 5) is 24.1. The maximum atomic E-state index is 12.2. The number of benzene rings is 2. The summed E-state index contributed by atoms with van der Waals surface area (Å²) in [5, 5.41) is 1.01. The molecule has 0 bridgehead atoms. The summed E-state index contributed by atoms with van der Waals surface area (Å²) in [6, 6.07) is 13.3. The summed E-state index contributed by atoms with van der Waals surface area (Å²) in [5.41, 5.74) is 4.82. The minimum atomic E-state index is -0.633. The molecule has 32 heavy (non-hydrogen) atoms. The number of rotatable bonds is 9. The highest BCUT2D eigenvalue weighted by molar-refractivity contribution is 5.96. The van der Waals surface area contributed by atoms with Gasteiger partial charge in [0.15, 0.2) is 6.10 Å². The fourth-order valence-corrected chi connectivity index (χ4v) is 3.69. The van der Waals surface area contributed by atoms with E-state index in [-0.39, 0.29) is 18.5 Å². The van der Waals surface area contributed by atoms with E-state index in [1.807, 2.05) is 43.3 Å². The molecule has 168 valence electrons. The molecule has 0 saturated heterocycles. The molecular formula is C26H29NO5. The Bertz CT molecular complexity index is 1140. The van der Waals surface area contributed by atoms with Crippen molar-refractivity contribution in [3.63, 3.8) is 0 Å². The summed E-state index contributed by atoms with van der Waals surface area (Å²) in [6.07, 6.45) is 1.44. The predicted octanol–water partition coefficient (Wildman–Crippen LogP) is 4.98. The summed E-state index contributed by atoms with van der Waals surface area (Å²) < 4.78 is 18.0. The van der Waals surface area contributed by atoms with Crippen LogP contribution in [-0.4, -0.2) is 36.3 Å². The van der Waals surface area contributed by atoms with Crippen molar-refractivity contribution in [1.29, 1.82) is 0 Å². The average molecular weight is 436 g/mol. The monoisotopic (exact) mass is 435 g/mol. The van der Waals surface area contributed by atoms with Crippen molar-refractivity contribution < 1.29 is 23.8 Å². The molecule has 0 aliphatic carbocycles. The van der Waals surface area contributed by atoms with Crippen molar-refractivity contribution in [2.24, 2.45) is 0 Å². The normalized spacial score (nSPS) is 11.8. The minimum Gasteiger partial charge on any atom is -0.479 e. The zero-order valence-electron chi connectivity index (χ0n) is 19.0. The molecule has 0 aliphatic rings. The lowest BCUT2D eigenvalue weighted by molar-refractivity contribution is -0.148. The quantitative estimate of drug-likeness (QED) is 0.350. The van der Waals surface area contributed by atoms with E-state index in [9.17, 15) is 9.59 Å². The van der Waals surface area contributed by atoms with E-state index < -0.39 is 6.10 Å². The molecule has 0 N–H and O–H groups in total. The number of hydrogen-bond acceptors (Lipinski definition) is 5. The van der Waals surface area contributed by atoms with E-state index in [0.29, 0.717) is 24.3 Å². The van der Waals surface area contributed by atoms with Crippen molar-refractivity contribution in [3.05, 3.63) is 77.5 Å². The van der Waals surface area contributed by atoms with Crippen molar-refractivity contribution in [3.8, 4) is 5.75 Å². The van der Waals surface area contributed by atoms with Crippen LogP contribution < -0.4 is 4.74 Å². The Morgan fingerprint density at radius 2 is 1.94 bits per heavy atom. The predicted molar refractivity (Wildman–Crippen MR) is 124 cm³/mol. The first kappa shape index (κ1) is 23.1. The van der Waals surface area contributed by atoms with Gasteiger partial charge in [-0.1, -0.05) is 31.7 Å². The van der Waals surface area contributed by atoms with Gasteiger partial charge in [0.1, 0.15) is 12.4 Å². The lowest BCUT2D eigenvalue weighted by Gasteiger charge is -2.16. The van der Waals surface area contributed by atoms with Crippen LogP contribution in [-0.2, 0) is 20.8 Å². The molecule has 0 saturated carbocycles. The standard InChI is InChI=1S/C26H29NO5/c1-6-13-31-25(28)20-11-12-23-22(15-20)17(3)18(4)27(23)16-19-9-8-10-21(14-19)32-24(7-2)26(29)30-5/h6,8-12,14-15,24H,1,7,13,16H2,2-5H3. The summed E-state index contributed by atoms with van der Waals surface area (Å²) >= 11 is 0. The summed E-state index contributed by atoms with van der Waals surface area (Å²) in [5.74, 6) is -0.126. The van der Waals surface area contributed by atoms with Crippen LogP contribution >= 0.6 is 0 Å². The third-order valence-corrected chi connectivity index (χ3v) is 5.56. The van der Waals surface area contributed by atoms with E-state index >= 15 is 0 Å².